The molecule has 3 heterocycles. The van der Waals surface area contributed by atoms with Gasteiger partial charge in [0.15, 0.2) is 0 Å². The van der Waals surface area contributed by atoms with Gasteiger partial charge in [-0.3, -0.25) is 9.69 Å². The Bertz CT molecular complexity index is 883. The zero-order valence-corrected chi connectivity index (χ0v) is 19.2. The minimum atomic E-state index is 0.247. The van der Waals surface area contributed by atoms with Crippen molar-refractivity contribution in [3.63, 3.8) is 0 Å². The summed E-state index contributed by atoms with van der Waals surface area (Å²) >= 11 is 0. The summed E-state index contributed by atoms with van der Waals surface area (Å²) in [5, 5.41) is 0. The molecule has 1 aromatic carbocycles. The molecule has 0 atom stereocenters. The Hall–Kier alpha value is -2.87. The highest BCUT2D eigenvalue weighted by Crippen LogP contribution is 2.23. The molecule has 0 unspecified atom stereocenters. The number of hydrogen-bond acceptors (Lipinski definition) is 7. The lowest BCUT2D eigenvalue weighted by Gasteiger charge is -2.38. The van der Waals surface area contributed by atoms with Gasteiger partial charge in [-0.15, -0.1) is 0 Å². The lowest BCUT2D eigenvalue weighted by molar-refractivity contribution is -0.133. The number of aryl methyl sites for hydroxylation is 1. The Morgan fingerprint density at radius 2 is 1.75 bits per heavy atom. The largest absolute Gasteiger partial charge is 0.497 e. The Kier molecular flexibility index (Phi) is 7.09. The van der Waals surface area contributed by atoms with Gasteiger partial charge in [0, 0.05) is 43.6 Å². The summed E-state index contributed by atoms with van der Waals surface area (Å²) in [7, 11) is 1.68. The molecule has 8 nitrogen and oxygen atoms in total. The number of carbonyl (C=O) groups is 1. The van der Waals surface area contributed by atoms with Crippen LogP contribution < -0.4 is 15.4 Å². The monoisotopic (exact) mass is 438 g/mol. The summed E-state index contributed by atoms with van der Waals surface area (Å²) < 4.78 is 5.24. The number of aromatic nitrogens is 2. The number of ether oxygens (including phenoxy) is 1. The van der Waals surface area contributed by atoms with Crippen LogP contribution in [-0.2, 0) is 11.2 Å². The third-order valence-corrected chi connectivity index (χ3v) is 6.54. The number of piperidine rings is 1. The molecule has 2 aliphatic heterocycles. The predicted octanol–water partition coefficient (Wildman–Crippen LogP) is 1.98. The minimum Gasteiger partial charge on any atom is -0.497 e. The maximum absolute atomic E-state index is 12.9. The topological polar surface area (TPSA) is 87.8 Å². The van der Waals surface area contributed by atoms with Gasteiger partial charge in [-0.2, -0.15) is 0 Å². The van der Waals surface area contributed by atoms with E-state index in [1.807, 2.05) is 30.0 Å². The lowest BCUT2D eigenvalue weighted by Crippen LogP contribution is -2.52. The summed E-state index contributed by atoms with van der Waals surface area (Å²) in [6.45, 7) is 7.60. The molecule has 0 saturated carbocycles. The number of anilines is 2. The second kappa shape index (κ2) is 10.2. The summed E-state index contributed by atoms with van der Waals surface area (Å²) in [4.78, 5) is 28.2. The van der Waals surface area contributed by atoms with E-state index in [9.17, 15) is 4.79 Å². The van der Waals surface area contributed by atoms with E-state index in [-0.39, 0.29) is 5.91 Å². The molecule has 1 aromatic heterocycles. The first-order chi connectivity index (χ1) is 15.5. The van der Waals surface area contributed by atoms with Crippen LogP contribution in [0.25, 0.3) is 0 Å². The van der Waals surface area contributed by atoms with Crippen LogP contribution in [0.1, 0.15) is 24.4 Å². The number of rotatable bonds is 6. The number of nitrogens with zero attached hydrogens (tertiary/aromatic N) is 5. The lowest BCUT2D eigenvalue weighted by atomic mass is 9.92. The van der Waals surface area contributed by atoms with Crippen molar-refractivity contribution in [2.24, 2.45) is 5.92 Å². The van der Waals surface area contributed by atoms with Crippen LogP contribution in [0, 0.1) is 12.8 Å². The Morgan fingerprint density at radius 3 is 2.38 bits per heavy atom. The van der Waals surface area contributed by atoms with E-state index in [2.05, 4.69) is 31.9 Å². The van der Waals surface area contributed by atoms with Crippen LogP contribution in [-0.4, -0.2) is 78.6 Å². The molecule has 0 radical (unpaired) electrons. The summed E-state index contributed by atoms with van der Waals surface area (Å²) in [6, 6.07) is 10.0. The molecule has 4 rings (SSSR count). The molecule has 0 bridgehead atoms. The predicted molar refractivity (Wildman–Crippen MR) is 126 cm³/mol. The van der Waals surface area contributed by atoms with E-state index in [4.69, 9.17) is 10.5 Å². The van der Waals surface area contributed by atoms with E-state index < -0.39 is 0 Å². The van der Waals surface area contributed by atoms with Crippen molar-refractivity contribution in [3.05, 3.63) is 41.9 Å². The van der Waals surface area contributed by atoms with Crippen LogP contribution in [0.2, 0.25) is 0 Å². The average molecular weight is 439 g/mol. The molecule has 8 heteroatoms. The van der Waals surface area contributed by atoms with Gasteiger partial charge in [0.25, 0.3) is 0 Å². The molecule has 2 aromatic rings. The van der Waals surface area contributed by atoms with E-state index in [1.165, 1.54) is 5.69 Å². The van der Waals surface area contributed by atoms with Gasteiger partial charge >= 0.3 is 0 Å². The number of benzene rings is 1. The van der Waals surface area contributed by atoms with Crippen LogP contribution in [0.5, 0.6) is 5.75 Å². The van der Waals surface area contributed by atoms with Gasteiger partial charge in [0.1, 0.15) is 17.4 Å². The van der Waals surface area contributed by atoms with Crippen molar-refractivity contribution in [2.45, 2.75) is 26.2 Å². The highest BCUT2D eigenvalue weighted by atomic mass is 16.5. The highest BCUT2D eigenvalue weighted by molar-refractivity contribution is 5.78. The molecule has 2 aliphatic rings. The smallest absolute Gasteiger partial charge is 0.236 e. The summed E-state index contributed by atoms with van der Waals surface area (Å²) in [5.41, 5.74) is 8.06. The first-order valence-electron chi connectivity index (χ1n) is 11.5. The molecular weight excluding hydrogens is 404 g/mol. The highest BCUT2D eigenvalue weighted by Gasteiger charge is 2.26. The SMILES string of the molecule is COc1ccc(N2CCN(C(=O)CN3CCC(Cc4cc(N)nc(C)n4)CC3)CC2)cc1. The van der Waals surface area contributed by atoms with Crippen LogP contribution in [0.3, 0.4) is 0 Å². The van der Waals surface area contributed by atoms with E-state index >= 15 is 0 Å². The quantitative estimate of drug-likeness (QED) is 0.738. The molecule has 1 amide bonds. The first kappa shape index (κ1) is 22.3. The normalized spacial score (nSPS) is 18.1. The third kappa shape index (κ3) is 5.68. The average Bonchev–Trinajstić information content (AvgIpc) is 2.80. The molecule has 0 spiro atoms. The second-order valence-electron chi connectivity index (χ2n) is 8.82. The molecular formula is C24H34N6O2. The zero-order chi connectivity index (χ0) is 22.5. The van der Waals surface area contributed by atoms with Crippen molar-refractivity contribution in [1.29, 1.82) is 0 Å². The number of amides is 1. The Morgan fingerprint density at radius 1 is 1.06 bits per heavy atom. The molecule has 2 N–H and O–H groups in total. The number of carbonyl (C=O) groups excluding carboxylic acids is 1. The van der Waals surface area contributed by atoms with Gasteiger partial charge in [0.2, 0.25) is 5.91 Å². The third-order valence-electron chi connectivity index (χ3n) is 6.54. The van der Waals surface area contributed by atoms with E-state index in [1.54, 1.807) is 7.11 Å². The number of likely N-dealkylation sites (tertiary alicyclic amines) is 1. The number of methoxy groups -OCH3 is 1. The summed E-state index contributed by atoms with van der Waals surface area (Å²) in [5.74, 6) is 2.97. The van der Waals surface area contributed by atoms with Crippen molar-refractivity contribution < 1.29 is 9.53 Å². The van der Waals surface area contributed by atoms with Gasteiger partial charge in [-0.25, -0.2) is 9.97 Å². The van der Waals surface area contributed by atoms with Crippen molar-refractivity contribution in [2.75, 3.05) is 63.6 Å². The van der Waals surface area contributed by atoms with Crippen LogP contribution in [0.4, 0.5) is 11.5 Å². The summed E-state index contributed by atoms with van der Waals surface area (Å²) in [6.07, 6.45) is 3.10. The number of nitrogen functional groups attached to an aromatic ring is 1. The van der Waals surface area contributed by atoms with Crippen molar-refractivity contribution in [1.82, 2.24) is 19.8 Å². The van der Waals surface area contributed by atoms with Gasteiger partial charge in [-0.05, 0) is 69.5 Å². The fourth-order valence-electron chi connectivity index (χ4n) is 4.70. The molecule has 2 saturated heterocycles. The van der Waals surface area contributed by atoms with Crippen LogP contribution >= 0.6 is 0 Å². The fraction of sp³-hybridized carbons (Fsp3) is 0.542. The van der Waals surface area contributed by atoms with E-state index in [0.717, 1.165) is 75.8 Å². The Labute approximate surface area is 190 Å². The Balaban J connectivity index is 1.20. The van der Waals surface area contributed by atoms with Gasteiger partial charge in [-0.1, -0.05) is 0 Å². The maximum atomic E-state index is 12.9. The zero-order valence-electron chi connectivity index (χ0n) is 19.2. The molecule has 2 fully saturated rings. The van der Waals surface area contributed by atoms with Crippen molar-refractivity contribution >= 4 is 17.4 Å². The number of nitrogens with two attached hydrogens (primary N) is 1. The van der Waals surface area contributed by atoms with Crippen molar-refractivity contribution in [3.8, 4) is 5.75 Å². The number of hydrogen-bond donors (Lipinski definition) is 1. The van der Waals surface area contributed by atoms with Gasteiger partial charge < -0.3 is 20.3 Å². The molecule has 0 aliphatic carbocycles. The van der Waals surface area contributed by atoms with Gasteiger partial charge in [0.05, 0.1) is 13.7 Å². The molecule has 172 valence electrons. The fourth-order valence-corrected chi connectivity index (χ4v) is 4.70. The standard InChI is InChI=1S/C24H34N6O2/c1-18-26-20(16-23(25)27-18)15-19-7-9-28(10-8-19)17-24(31)30-13-11-29(12-14-30)21-3-5-22(32-2)6-4-21/h3-6,16,19H,7-15,17H2,1-2H3,(H2,25,26,27). The maximum Gasteiger partial charge on any atom is 0.236 e. The van der Waals surface area contributed by atoms with Crippen LogP contribution in [0.15, 0.2) is 30.3 Å². The number of piperazine rings is 1. The first-order valence-corrected chi connectivity index (χ1v) is 11.5. The minimum absolute atomic E-state index is 0.247. The molecule has 32 heavy (non-hydrogen) atoms. The van der Waals surface area contributed by atoms with E-state index in [0.29, 0.717) is 18.3 Å². The second-order valence-corrected chi connectivity index (χ2v) is 8.82.